The maximum Gasteiger partial charge on any atom is 0.236 e. The van der Waals surface area contributed by atoms with Gasteiger partial charge in [-0.15, -0.1) is 0 Å². The van der Waals surface area contributed by atoms with E-state index in [-0.39, 0.29) is 5.91 Å². The summed E-state index contributed by atoms with van der Waals surface area (Å²) in [5.74, 6) is 0.262. The van der Waals surface area contributed by atoms with E-state index in [1.165, 1.54) is 0 Å². The SMILES string of the molecule is CCC(CCN)N1CCN(CC(=O)N(CC)CC)CC1. The van der Waals surface area contributed by atoms with Gasteiger partial charge < -0.3 is 10.6 Å². The Hall–Kier alpha value is -0.650. The normalized spacial score (nSPS) is 19.0. The number of hydrogen-bond acceptors (Lipinski definition) is 4. The van der Waals surface area contributed by atoms with E-state index in [0.29, 0.717) is 12.6 Å². The number of piperazine rings is 1. The average Bonchev–Trinajstić information content (AvgIpc) is 2.47. The number of carbonyl (C=O) groups excluding carboxylic acids is 1. The Morgan fingerprint density at radius 3 is 2.20 bits per heavy atom. The van der Waals surface area contributed by atoms with E-state index in [0.717, 1.165) is 58.7 Å². The summed E-state index contributed by atoms with van der Waals surface area (Å²) in [6.07, 6.45) is 2.24. The molecule has 1 unspecified atom stereocenters. The molecule has 0 aliphatic carbocycles. The Balaban J connectivity index is 2.36. The van der Waals surface area contributed by atoms with Gasteiger partial charge in [-0.1, -0.05) is 6.92 Å². The fraction of sp³-hybridized carbons (Fsp3) is 0.933. The Kier molecular flexibility index (Phi) is 8.11. The number of carbonyl (C=O) groups is 1. The zero-order valence-electron chi connectivity index (χ0n) is 13.5. The van der Waals surface area contributed by atoms with Gasteiger partial charge in [0.15, 0.2) is 0 Å². The van der Waals surface area contributed by atoms with Gasteiger partial charge in [-0.25, -0.2) is 0 Å². The molecular weight excluding hydrogens is 252 g/mol. The first-order chi connectivity index (χ1) is 9.65. The second-order valence-electron chi connectivity index (χ2n) is 5.52. The summed E-state index contributed by atoms with van der Waals surface area (Å²) in [5.41, 5.74) is 5.68. The molecule has 0 spiro atoms. The summed E-state index contributed by atoms with van der Waals surface area (Å²) in [6, 6.07) is 0.612. The van der Waals surface area contributed by atoms with Crippen molar-refractivity contribution < 1.29 is 4.79 Å². The van der Waals surface area contributed by atoms with E-state index < -0.39 is 0 Å². The zero-order chi connectivity index (χ0) is 15.0. The van der Waals surface area contributed by atoms with Crippen molar-refractivity contribution in [1.82, 2.24) is 14.7 Å². The van der Waals surface area contributed by atoms with Crippen LogP contribution in [0.4, 0.5) is 0 Å². The Bertz CT molecular complexity index is 273. The van der Waals surface area contributed by atoms with Gasteiger partial charge in [0, 0.05) is 45.3 Å². The lowest BCUT2D eigenvalue weighted by Gasteiger charge is -2.39. The lowest BCUT2D eigenvalue weighted by atomic mass is 10.1. The van der Waals surface area contributed by atoms with Crippen molar-refractivity contribution in [3.8, 4) is 0 Å². The summed E-state index contributed by atoms with van der Waals surface area (Å²) in [6.45, 7) is 13.4. The van der Waals surface area contributed by atoms with Crippen LogP contribution in [0.2, 0.25) is 0 Å². The molecule has 1 aliphatic heterocycles. The summed E-state index contributed by atoms with van der Waals surface area (Å²) < 4.78 is 0. The van der Waals surface area contributed by atoms with Crippen LogP contribution in [0.25, 0.3) is 0 Å². The quantitative estimate of drug-likeness (QED) is 0.709. The van der Waals surface area contributed by atoms with Crippen LogP contribution in [0.15, 0.2) is 0 Å². The molecule has 1 heterocycles. The largest absolute Gasteiger partial charge is 0.342 e. The number of hydrogen-bond donors (Lipinski definition) is 1. The highest BCUT2D eigenvalue weighted by molar-refractivity contribution is 5.78. The fourth-order valence-corrected chi connectivity index (χ4v) is 2.99. The monoisotopic (exact) mass is 284 g/mol. The lowest BCUT2D eigenvalue weighted by molar-refractivity contribution is -0.132. The topological polar surface area (TPSA) is 52.8 Å². The minimum atomic E-state index is 0.262. The van der Waals surface area contributed by atoms with E-state index in [1.807, 2.05) is 18.7 Å². The molecule has 0 saturated carbocycles. The van der Waals surface area contributed by atoms with E-state index in [2.05, 4.69) is 16.7 Å². The van der Waals surface area contributed by atoms with E-state index in [4.69, 9.17) is 5.73 Å². The van der Waals surface area contributed by atoms with Crippen LogP contribution in [-0.4, -0.2) is 79.0 Å². The van der Waals surface area contributed by atoms with Crippen LogP contribution in [-0.2, 0) is 4.79 Å². The fourth-order valence-electron chi connectivity index (χ4n) is 2.99. The van der Waals surface area contributed by atoms with Crippen molar-refractivity contribution >= 4 is 5.91 Å². The molecule has 0 bridgehead atoms. The van der Waals surface area contributed by atoms with Crippen LogP contribution in [0.5, 0.6) is 0 Å². The van der Waals surface area contributed by atoms with Crippen molar-refractivity contribution in [3.63, 3.8) is 0 Å². The molecule has 2 N–H and O–H groups in total. The molecule has 5 heteroatoms. The summed E-state index contributed by atoms with van der Waals surface area (Å²) >= 11 is 0. The van der Waals surface area contributed by atoms with Crippen LogP contribution in [0, 0.1) is 0 Å². The molecule has 1 aliphatic rings. The molecule has 1 rings (SSSR count). The van der Waals surface area contributed by atoms with Gasteiger partial charge in [0.1, 0.15) is 0 Å². The number of amides is 1. The number of nitrogens with two attached hydrogens (primary N) is 1. The number of nitrogens with zero attached hydrogens (tertiary/aromatic N) is 3. The van der Waals surface area contributed by atoms with Gasteiger partial charge in [-0.05, 0) is 33.2 Å². The van der Waals surface area contributed by atoms with E-state index in [1.54, 1.807) is 0 Å². The molecule has 20 heavy (non-hydrogen) atoms. The zero-order valence-corrected chi connectivity index (χ0v) is 13.5. The first-order valence-electron chi connectivity index (χ1n) is 8.10. The first kappa shape index (κ1) is 17.4. The van der Waals surface area contributed by atoms with Gasteiger partial charge in [-0.3, -0.25) is 14.6 Å². The summed E-state index contributed by atoms with van der Waals surface area (Å²) in [5, 5.41) is 0. The predicted octanol–water partition coefficient (Wildman–Crippen LogP) is 0.600. The van der Waals surface area contributed by atoms with E-state index in [9.17, 15) is 4.79 Å². The second-order valence-corrected chi connectivity index (χ2v) is 5.52. The highest BCUT2D eigenvalue weighted by Gasteiger charge is 2.24. The van der Waals surface area contributed by atoms with Crippen molar-refractivity contribution in [2.24, 2.45) is 5.73 Å². The molecule has 5 nitrogen and oxygen atoms in total. The summed E-state index contributed by atoms with van der Waals surface area (Å²) in [7, 11) is 0. The van der Waals surface area contributed by atoms with Crippen molar-refractivity contribution in [2.45, 2.75) is 39.7 Å². The number of rotatable bonds is 8. The molecular formula is C15H32N4O. The maximum atomic E-state index is 12.1. The molecule has 0 radical (unpaired) electrons. The van der Waals surface area contributed by atoms with Gasteiger partial charge in [0.25, 0.3) is 0 Å². The van der Waals surface area contributed by atoms with Crippen LogP contribution in [0.3, 0.4) is 0 Å². The minimum absolute atomic E-state index is 0.262. The molecule has 1 fully saturated rings. The van der Waals surface area contributed by atoms with Crippen LogP contribution in [0.1, 0.15) is 33.6 Å². The smallest absolute Gasteiger partial charge is 0.236 e. The molecule has 0 aromatic rings. The summed E-state index contributed by atoms with van der Waals surface area (Å²) in [4.78, 5) is 18.8. The Morgan fingerprint density at radius 2 is 1.75 bits per heavy atom. The standard InChI is InChI=1S/C15H32N4O/c1-4-14(7-8-16)19-11-9-17(10-12-19)13-15(20)18(5-2)6-3/h14H,4-13,16H2,1-3H3. The van der Waals surface area contributed by atoms with Crippen LogP contribution < -0.4 is 5.73 Å². The van der Waals surface area contributed by atoms with Crippen LogP contribution >= 0.6 is 0 Å². The highest BCUT2D eigenvalue weighted by Crippen LogP contribution is 2.12. The van der Waals surface area contributed by atoms with Gasteiger partial charge in [-0.2, -0.15) is 0 Å². The first-order valence-corrected chi connectivity index (χ1v) is 8.10. The van der Waals surface area contributed by atoms with Gasteiger partial charge >= 0.3 is 0 Å². The third-order valence-electron chi connectivity index (χ3n) is 4.37. The van der Waals surface area contributed by atoms with Crippen molar-refractivity contribution in [1.29, 1.82) is 0 Å². The average molecular weight is 284 g/mol. The maximum absolute atomic E-state index is 12.1. The highest BCUT2D eigenvalue weighted by atomic mass is 16.2. The Morgan fingerprint density at radius 1 is 1.15 bits per heavy atom. The molecule has 1 saturated heterocycles. The second kappa shape index (κ2) is 9.32. The molecule has 1 amide bonds. The van der Waals surface area contributed by atoms with Gasteiger partial charge in [0.2, 0.25) is 5.91 Å². The van der Waals surface area contributed by atoms with Crippen molar-refractivity contribution in [2.75, 3.05) is 52.4 Å². The molecule has 1 atom stereocenters. The lowest BCUT2D eigenvalue weighted by Crippen LogP contribution is -2.52. The molecule has 0 aromatic heterocycles. The van der Waals surface area contributed by atoms with Crippen molar-refractivity contribution in [3.05, 3.63) is 0 Å². The minimum Gasteiger partial charge on any atom is -0.342 e. The molecule has 0 aromatic carbocycles. The Labute approximate surface area is 124 Å². The number of likely N-dealkylation sites (N-methyl/N-ethyl adjacent to an activating group) is 1. The van der Waals surface area contributed by atoms with Gasteiger partial charge in [0.05, 0.1) is 6.54 Å². The van der Waals surface area contributed by atoms with E-state index >= 15 is 0 Å². The molecule has 118 valence electrons. The third kappa shape index (κ3) is 5.04. The predicted molar refractivity (Wildman–Crippen MR) is 83.7 cm³/mol. The third-order valence-corrected chi connectivity index (χ3v) is 4.37.